The van der Waals surface area contributed by atoms with Crippen LogP contribution >= 0.6 is 27.3 Å². The molecule has 8 nitrogen and oxygen atoms in total. The van der Waals surface area contributed by atoms with Gasteiger partial charge in [0.25, 0.3) is 5.91 Å². The number of aromatic amines is 2. The molecule has 1 aromatic carbocycles. The molecule has 3 aromatic heterocycles. The predicted octanol–water partition coefficient (Wildman–Crippen LogP) is 5.14. The van der Waals surface area contributed by atoms with Gasteiger partial charge in [-0.05, 0) is 46.5 Å². The van der Waals surface area contributed by atoms with Gasteiger partial charge in [-0.15, -0.1) is 11.3 Å². The molecule has 2 atom stereocenters. The van der Waals surface area contributed by atoms with Crippen LogP contribution in [0.3, 0.4) is 0 Å². The number of aromatic nitrogens is 3. The van der Waals surface area contributed by atoms with Crippen LogP contribution in [0, 0.1) is 0 Å². The Labute approximate surface area is 202 Å². The van der Waals surface area contributed by atoms with Gasteiger partial charge in [-0.1, -0.05) is 30.3 Å². The Kier molecular flexibility index (Phi) is 5.94. The number of amides is 2. The molecule has 0 saturated carbocycles. The summed E-state index contributed by atoms with van der Waals surface area (Å²) in [4.78, 5) is 39.8. The highest BCUT2D eigenvalue weighted by Gasteiger charge is 2.37. The Hall–Kier alpha value is -3.11. The zero-order valence-corrected chi connectivity index (χ0v) is 20.2. The minimum absolute atomic E-state index is 0.179. The monoisotopic (exact) mass is 527 g/mol. The first-order valence-corrected chi connectivity index (χ1v) is 12.2. The Morgan fingerprint density at radius 2 is 2.12 bits per heavy atom. The normalized spacial score (nSPS) is 16.8. The average molecular weight is 528 g/mol. The molecule has 0 unspecified atom stereocenters. The van der Waals surface area contributed by atoms with E-state index in [1.54, 1.807) is 16.2 Å². The molecule has 0 bridgehead atoms. The van der Waals surface area contributed by atoms with Crippen LogP contribution in [0.25, 0.3) is 20.8 Å². The topological polar surface area (TPSA) is 103 Å². The standard InChI is InChI=1S/C23H22BrN5O3S/c1-32-23(31)28-20(13-6-3-2-4-7-13)22(30)29-9-5-8-16(29)21-25-12-15(27-21)17-10-14-18(33-17)11-19(24)26-14/h2-4,6-7,10-12,16,20,26H,5,8-9H2,1H3,(H,25,27)(H,28,31)/t16-,20+/m0/s1. The quantitative estimate of drug-likeness (QED) is 0.334. The van der Waals surface area contributed by atoms with Crippen molar-refractivity contribution in [3.63, 3.8) is 0 Å². The molecule has 4 aromatic rings. The molecule has 33 heavy (non-hydrogen) atoms. The van der Waals surface area contributed by atoms with Crippen molar-refractivity contribution in [3.8, 4) is 10.6 Å². The van der Waals surface area contributed by atoms with E-state index in [1.165, 1.54) is 7.11 Å². The molecular weight excluding hydrogens is 506 g/mol. The molecule has 2 amide bonds. The lowest BCUT2D eigenvalue weighted by atomic mass is 10.1. The second-order valence-electron chi connectivity index (χ2n) is 7.85. The zero-order valence-electron chi connectivity index (χ0n) is 17.8. The zero-order chi connectivity index (χ0) is 22.9. The highest BCUT2D eigenvalue weighted by atomic mass is 79.9. The SMILES string of the molecule is COC(=O)N[C@@H](C(=O)N1CCC[C@H]1c1nc(-c2cc3[nH]c(Br)cc3s2)c[nH]1)c1ccccc1. The third-order valence-corrected chi connectivity index (χ3v) is 7.33. The van der Waals surface area contributed by atoms with Crippen molar-refractivity contribution in [3.05, 3.63) is 64.7 Å². The van der Waals surface area contributed by atoms with Crippen LogP contribution < -0.4 is 5.32 Å². The lowest BCUT2D eigenvalue weighted by molar-refractivity contribution is -0.134. The van der Waals surface area contributed by atoms with E-state index in [0.29, 0.717) is 12.1 Å². The van der Waals surface area contributed by atoms with Crippen LogP contribution in [0.1, 0.15) is 36.3 Å². The van der Waals surface area contributed by atoms with Gasteiger partial charge in [0.1, 0.15) is 11.9 Å². The summed E-state index contributed by atoms with van der Waals surface area (Å²) in [5, 5.41) is 2.69. The van der Waals surface area contributed by atoms with Gasteiger partial charge in [-0.2, -0.15) is 0 Å². The molecule has 170 valence electrons. The second kappa shape index (κ2) is 9.03. The summed E-state index contributed by atoms with van der Waals surface area (Å²) < 4.78 is 6.86. The fourth-order valence-corrected chi connectivity index (χ4v) is 5.85. The summed E-state index contributed by atoms with van der Waals surface area (Å²) in [5.41, 5.74) is 2.62. The van der Waals surface area contributed by atoms with Gasteiger partial charge in [0.15, 0.2) is 0 Å². The van der Waals surface area contributed by atoms with Crippen molar-refractivity contribution in [1.82, 2.24) is 25.2 Å². The van der Waals surface area contributed by atoms with Gasteiger partial charge >= 0.3 is 6.09 Å². The third kappa shape index (κ3) is 4.28. The van der Waals surface area contributed by atoms with Gasteiger partial charge < -0.3 is 24.9 Å². The molecule has 0 spiro atoms. The molecule has 1 aliphatic rings. The van der Waals surface area contributed by atoms with E-state index in [2.05, 4.69) is 37.3 Å². The van der Waals surface area contributed by atoms with Gasteiger partial charge in [0, 0.05) is 12.7 Å². The molecule has 4 heterocycles. The number of likely N-dealkylation sites (tertiary alicyclic amines) is 1. The van der Waals surface area contributed by atoms with Crippen molar-refractivity contribution < 1.29 is 14.3 Å². The fraction of sp³-hybridized carbons (Fsp3) is 0.261. The summed E-state index contributed by atoms with van der Waals surface area (Å²) in [5.74, 6) is 0.570. The Morgan fingerprint density at radius 1 is 1.30 bits per heavy atom. The minimum Gasteiger partial charge on any atom is -0.453 e. The molecule has 1 saturated heterocycles. The van der Waals surface area contributed by atoms with Gasteiger partial charge in [0.2, 0.25) is 0 Å². The molecule has 1 fully saturated rings. The molecular formula is C23H22BrN5O3S. The van der Waals surface area contributed by atoms with E-state index in [9.17, 15) is 9.59 Å². The molecule has 1 aliphatic heterocycles. The van der Waals surface area contributed by atoms with E-state index in [4.69, 9.17) is 9.72 Å². The largest absolute Gasteiger partial charge is 0.453 e. The van der Waals surface area contributed by atoms with Gasteiger partial charge in [-0.25, -0.2) is 9.78 Å². The minimum atomic E-state index is -0.828. The summed E-state index contributed by atoms with van der Waals surface area (Å²) in [6, 6.07) is 12.3. The van der Waals surface area contributed by atoms with E-state index in [1.807, 2.05) is 42.6 Å². The third-order valence-electron chi connectivity index (χ3n) is 5.80. The number of nitrogens with zero attached hydrogens (tertiary/aromatic N) is 2. The Bertz CT molecular complexity index is 1270. The lowest BCUT2D eigenvalue weighted by Gasteiger charge is -2.28. The molecule has 5 rings (SSSR count). The number of fused-ring (bicyclic) bond motifs is 1. The van der Waals surface area contributed by atoms with E-state index >= 15 is 0 Å². The molecule has 10 heteroatoms. The molecule has 0 radical (unpaired) electrons. The average Bonchev–Trinajstić information content (AvgIpc) is 3.60. The number of methoxy groups -OCH3 is 1. The van der Waals surface area contributed by atoms with Gasteiger partial charge in [0.05, 0.1) is 38.5 Å². The summed E-state index contributed by atoms with van der Waals surface area (Å²) in [6.45, 7) is 0.599. The van der Waals surface area contributed by atoms with Crippen LogP contribution in [-0.2, 0) is 9.53 Å². The van der Waals surface area contributed by atoms with Crippen LogP contribution in [0.15, 0.2) is 53.3 Å². The van der Waals surface area contributed by atoms with Crippen LogP contribution in [-0.4, -0.2) is 45.5 Å². The number of carbonyl (C=O) groups is 2. The van der Waals surface area contributed by atoms with Crippen molar-refractivity contribution in [2.75, 3.05) is 13.7 Å². The Morgan fingerprint density at radius 3 is 2.88 bits per heavy atom. The number of hydrogen-bond acceptors (Lipinski definition) is 5. The molecule has 3 N–H and O–H groups in total. The number of H-pyrrole nitrogens is 2. The maximum Gasteiger partial charge on any atom is 0.407 e. The maximum absolute atomic E-state index is 13.6. The number of benzene rings is 1. The van der Waals surface area contributed by atoms with Crippen LogP contribution in [0.4, 0.5) is 4.79 Å². The summed E-state index contributed by atoms with van der Waals surface area (Å²) in [6.07, 6.45) is 2.91. The van der Waals surface area contributed by atoms with E-state index < -0.39 is 12.1 Å². The number of halogens is 1. The number of rotatable bonds is 5. The first kappa shape index (κ1) is 21.7. The van der Waals surface area contributed by atoms with Crippen molar-refractivity contribution in [2.45, 2.75) is 24.9 Å². The predicted molar refractivity (Wildman–Crippen MR) is 130 cm³/mol. The van der Waals surface area contributed by atoms with Crippen molar-refractivity contribution in [2.24, 2.45) is 0 Å². The maximum atomic E-state index is 13.6. The van der Waals surface area contributed by atoms with Crippen LogP contribution in [0.2, 0.25) is 0 Å². The van der Waals surface area contributed by atoms with Crippen molar-refractivity contribution in [1.29, 1.82) is 0 Å². The van der Waals surface area contributed by atoms with Crippen LogP contribution in [0.5, 0.6) is 0 Å². The second-order valence-corrected chi connectivity index (χ2v) is 9.78. The van der Waals surface area contributed by atoms with Crippen molar-refractivity contribution >= 4 is 49.5 Å². The van der Waals surface area contributed by atoms with Gasteiger partial charge in [-0.3, -0.25) is 4.79 Å². The highest BCUT2D eigenvalue weighted by Crippen LogP contribution is 2.37. The number of hydrogen-bond donors (Lipinski definition) is 3. The smallest absolute Gasteiger partial charge is 0.407 e. The molecule has 0 aliphatic carbocycles. The number of ether oxygens (including phenoxy) is 1. The number of imidazole rings is 1. The highest BCUT2D eigenvalue weighted by molar-refractivity contribution is 9.10. The van der Waals surface area contributed by atoms with E-state index in [-0.39, 0.29) is 11.9 Å². The Balaban J connectivity index is 1.40. The first-order chi connectivity index (χ1) is 16.0. The first-order valence-electron chi connectivity index (χ1n) is 10.6. The summed E-state index contributed by atoms with van der Waals surface area (Å²) >= 11 is 5.12. The van der Waals surface area contributed by atoms with E-state index in [0.717, 1.165) is 44.1 Å². The number of thiophene rings is 1. The number of carbonyl (C=O) groups excluding carboxylic acids is 2. The fourth-order valence-electron chi connectivity index (χ4n) is 4.24. The number of alkyl carbamates (subject to hydrolysis) is 1. The summed E-state index contributed by atoms with van der Waals surface area (Å²) in [7, 11) is 1.29. The number of nitrogens with one attached hydrogen (secondary N) is 3. The lowest BCUT2D eigenvalue weighted by Crippen LogP contribution is -2.42.